The number of hydrogen-bond acceptors (Lipinski definition) is 2. The Morgan fingerprint density at radius 2 is 2.36 bits per heavy atom. The fourth-order valence-corrected chi connectivity index (χ4v) is 0.795. The van der Waals surface area contributed by atoms with Crippen molar-refractivity contribution in [2.75, 3.05) is 0 Å². The van der Waals surface area contributed by atoms with E-state index in [0.29, 0.717) is 10.8 Å². The number of hydrogen-bond donors (Lipinski definition) is 1. The van der Waals surface area contributed by atoms with E-state index in [-0.39, 0.29) is 0 Å². The lowest BCUT2D eigenvalue weighted by Crippen LogP contribution is -1.81. The molecule has 1 aromatic rings. The fraction of sp³-hybridized carbons (Fsp3) is 0. The summed E-state index contributed by atoms with van der Waals surface area (Å²) < 4.78 is 0. The molecule has 0 aliphatic heterocycles. The van der Waals surface area contributed by atoms with Crippen LogP contribution in [0, 0.1) is 10.1 Å². The largest absolute Gasteiger partial charge is 0.346 e. The third kappa shape index (κ3) is 2.43. The molecular formula is C6H5ClN2O2. The minimum Gasteiger partial charge on any atom is -0.346 e. The number of nitrogens with one attached hydrogen (secondary N) is 1. The Morgan fingerprint density at radius 1 is 1.64 bits per heavy atom. The average molecular weight is 173 g/mol. The third-order valence-electron chi connectivity index (χ3n) is 1.05. The van der Waals surface area contributed by atoms with E-state index in [1.807, 2.05) is 0 Å². The lowest BCUT2D eigenvalue weighted by molar-refractivity contribution is -0.401. The van der Waals surface area contributed by atoms with Crippen LogP contribution in [0.3, 0.4) is 0 Å². The molecule has 0 aliphatic rings. The highest BCUT2D eigenvalue weighted by Crippen LogP contribution is 2.08. The highest BCUT2D eigenvalue weighted by molar-refractivity contribution is 6.29. The summed E-state index contributed by atoms with van der Waals surface area (Å²) in [5.41, 5.74) is 0.617. The molecule has 0 spiro atoms. The zero-order valence-corrected chi connectivity index (χ0v) is 6.21. The van der Waals surface area contributed by atoms with E-state index in [1.165, 1.54) is 6.08 Å². The Kier molecular flexibility index (Phi) is 2.28. The molecule has 58 valence electrons. The zero-order valence-electron chi connectivity index (χ0n) is 5.45. The molecule has 0 radical (unpaired) electrons. The highest BCUT2D eigenvalue weighted by Gasteiger charge is 1.92. The minimum absolute atomic E-state index is 0.466. The van der Waals surface area contributed by atoms with Crippen molar-refractivity contribution in [2.24, 2.45) is 0 Å². The number of H-pyrrole nitrogens is 1. The summed E-state index contributed by atoms with van der Waals surface area (Å²) in [6, 6.07) is 3.28. The molecule has 4 nitrogen and oxygen atoms in total. The van der Waals surface area contributed by atoms with Gasteiger partial charge in [0.15, 0.2) is 0 Å². The lowest BCUT2D eigenvalue weighted by atomic mass is 10.4. The van der Waals surface area contributed by atoms with E-state index >= 15 is 0 Å². The second kappa shape index (κ2) is 3.21. The number of aromatic amines is 1. The Morgan fingerprint density at radius 3 is 2.82 bits per heavy atom. The monoisotopic (exact) mass is 172 g/mol. The number of halogens is 1. The summed E-state index contributed by atoms with van der Waals surface area (Å²) in [5.74, 6) is 0. The average Bonchev–Trinajstić information content (AvgIpc) is 2.31. The van der Waals surface area contributed by atoms with Gasteiger partial charge in [0.05, 0.1) is 4.92 Å². The highest BCUT2D eigenvalue weighted by atomic mass is 35.5. The fourth-order valence-electron chi connectivity index (χ4n) is 0.623. The van der Waals surface area contributed by atoms with Crippen LogP contribution in [-0.2, 0) is 0 Å². The molecule has 11 heavy (non-hydrogen) atoms. The molecule has 0 bridgehead atoms. The van der Waals surface area contributed by atoms with Gasteiger partial charge in [0.1, 0.15) is 5.15 Å². The third-order valence-corrected chi connectivity index (χ3v) is 1.27. The van der Waals surface area contributed by atoms with Crippen molar-refractivity contribution in [1.82, 2.24) is 4.98 Å². The summed E-state index contributed by atoms with van der Waals surface area (Å²) in [6.45, 7) is 0. The SMILES string of the molecule is O=[N+]([O-])C=Cc1ccc(Cl)[nH]1. The van der Waals surface area contributed by atoms with E-state index < -0.39 is 4.92 Å². The van der Waals surface area contributed by atoms with Crippen molar-refractivity contribution in [3.8, 4) is 0 Å². The molecule has 0 atom stereocenters. The maximum Gasteiger partial charge on any atom is 0.236 e. The molecule has 0 unspecified atom stereocenters. The van der Waals surface area contributed by atoms with E-state index in [1.54, 1.807) is 12.1 Å². The Bertz CT molecular complexity index is 293. The summed E-state index contributed by atoms with van der Waals surface area (Å²) >= 11 is 5.52. The second-order valence-corrected chi connectivity index (χ2v) is 2.27. The molecule has 1 rings (SSSR count). The second-order valence-electron chi connectivity index (χ2n) is 1.86. The first-order chi connectivity index (χ1) is 5.18. The quantitative estimate of drug-likeness (QED) is 0.547. The van der Waals surface area contributed by atoms with Gasteiger partial charge in [-0.1, -0.05) is 11.6 Å². The molecule has 0 saturated heterocycles. The van der Waals surface area contributed by atoms with Crippen LogP contribution in [0.15, 0.2) is 18.3 Å². The van der Waals surface area contributed by atoms with Crippen LogP contribution in [0.4, 0.5) is 0 Å². The summed E-state index contributed by atoms with van der Waals surface area (Å²) in [6.07, 6.45) is 2.19. The van der Waals surface area contributed by atoms with Crippen LogP contribution in [0.1, 0.15) is 5.69 Å². The maximum absolute atomic E-state index is 9.85. The van der Waals surface area contributed by atoms with Crippen molar-refractivity contribution in [1.29, 1.82) is 0 Å². The van der Waals surface area contributed by atoms with Crippen LogP contribution in [-0.4, -0.2) is 9.91 Å². The molecule has 1 heterocycles. The van der Waals surface area contributed by atoms with Gasteiger partial charge in [-0.15, -0.1) is 0 Å². The van der Waals surface area contributed by atoms with Crippen molar-refractivity contribution in [2.45, 2.75) is 0 Å². The van der Waals surface area contributed by atoms with Gasteiger partial charge in [-0.25, -0.2) is 0 Å². The zero-order chi connectivity index (χ0) is 8.27. The summed E-state index contributed by atoms with van der Waals surface area (Å²) in [4.78, 5) is 12.0. The van der Waals surface area contributed by atoms with Gasteiger partial charge in [0.25, 0.3) is 0 Å². The summed E-state index contributed by atoms with van der Waals surface area (Å²) in [5, 5.41) is 10.3. The molecule has 1 N–H and O–H groups in total. The molecule has 0 aliphatic carbocycles. The van der Waals surface area contributed by atoms with E-state index in [2.05, 4.69) is 4.98 Å². The van der Waals surface area contributed by atoms with Gasteiger partial charge in [-0.05, 0) is 12.1 Å². The molecule has 0 aromatic carbocycles. The normalized spacial score (nSPS) is 10.6. The number of nitro groups is 1. The Balaban J connectivity index is 2.71. The predicted molar refractivity (Wildman–Crippen MR) is 41.8 cm³/mol. The van der Waals surface area contributed by atoms with Gasteiger partial charge < -0.3 is 4.98 Å². The summed E-state index contributed by atoms with van der Waals surface area (Å²) in [7, 11) is 0. The first kappa shape index (κ1) is 7.81. The number of aromatic nitrogens is 1. The van der Waals surface area contributed by atoms with Gasteiger partial charge in [0.2, 0.25) is 6.20 Å². The van der Waals surface area contributed by atoms with E-state index in [4.69, 9.17) is 11.6 Å². The topological polar surface area (TPSA) is 58.9 Å². The van der Waals surface area contributed by atoms with Gasteiger partial charge in [-0.3, -0.25) is 10.1 Å². The number of rotatable bonds is 2. The number of nitrogens with zero attached hydrogens (tertiary/aromatic N) is 1. The van der Waals surface area contributed by atoms with Crippen molar-refractivity contribution in [3.05, 3.63) is 39.3 Å². The molecule has 0 saturated carbocycles. The standard InChI is InChI=1S/C6H5ClN2O2/c7-6-2-1-5(8-6)3-4-9(10)11/h1-4,8H. The first-order valence-electron chi connectivity index (χ1n) is 2.85. The Labute approximate surface area is 67.6 Å². The smallest absolute Gasteiger partial charge is 0.236 e. The van der Waals surface area contributed by atoms with Crippen LogP contribution in [0.2, 0.25) is 5.15 Å². The van der Waals surface area contributed by atoms with Crippen LogP contribution in [0.25, 0.3) is 6.08 Å². The molecule has 5 heteroatoms. The Hall–Kier alpha value is -1.29. The molecular weight excluding hydrogens is 168 g/mol. The van der Waals surface area contributed by atoms with Gasteiger partial charge >= 0.3 is 0 Å². The van der Waals surface area contributed by atoms with E-state index in [0.717, 1.165) is 6.20 Å². The van der Waals surface area contributed by atoms with Crippen LogP contribution >= 0.6 is 11.6 Å². The minimum atomic E-state index is -0.533. The maximum atomic E-state index is 9.85. The van der Waals surface area contributed by atoms with Crippen molar-refractivity contribution >= 4 is 17.7 Å². The molecule has 1 aromatic heterocycles. The van der Waals surface area contributed by atoms with Crippen molar-refractivity contribution in [3.63, 3.8) is 0 Å². The van der Waals surface area contributed by atoms with E-state index in [9.17, 15) is 10.1 Å². The molecule has 0 amide bonds. The van der Waals surface area contributed by atoms with Crippen molar-refractivity contribution < 1.29 is 4.92 Å². The first-order valence-corrected chi connectivity index (χ1v) is 3.22. The predicted octanol–water partition coefficient (Wildman–Crippen LogP) is 1.92. The van der Waals surface area contributed by atoms with Gasteiger partial charge in [0, 0.05) is 11.8 Å². The molecule has 0 fully saturated rings. The van der Waals surface area contributed by atoms with Gasteiger partial charge in [-0.2, -0.15) is 0 Å². The van der Waals surface area contributed by atoms with Crippen LogP contribution < -0.4 is 0 Å². The van der Waals surface area contributed by atoms with Crippen LogP contribution in [0.5, 0.6) is 0 Å². The lowest BCUT2D eigenvalue weighted by Gasteiger charge is -1.80.